The summed E-state index contributed by atoms with van der Waals surface area (Å²) < 4.78 is 0. The van der Waals surface area contributed by atoms with E-state index in [1.165, 1.54) is 6.92 Å². The van der Waals surface area contributed by atoms with E-state index in [2.05, 4.69) is 9.97 Å². The molecule has 13 heavy (non-hydrogen) atoms. The van der Waals surface area contributed by atoms with Crippen LogP contribution in [-0.4, -0.2) is 34.7 Å². The first-order chi connectivity index (χ1) is 6.00. The molecule has 72 valence electrons. The number of nitrogens with zero attached hydrogens (tertiary/aromatic N) is 1. The highest BCUT2D eigenvalue weighted by atomic mass is 16.1. The van der Waals surface area contributed by atoms with Crippen LogP contribution in [0, 0.1) is 0 Å². The van der Waals surface area contributed by atoms with Gasteiger partial charge in [-0.1, -0.05) is 0 Å². The molecule has 0 aliphatic carbocycles. The van der Waals surface area contributed by atoms with Gasteiger partial charge >= 0.3 is 5.69 Å². The van der Waals surface area contributed by atoms with Gasteiger partial charge in [-0.25, -0.2) is 4.79 Å². The minimum atomic E-state index is -0.331. The normalized spacial score (nSPS) is 10.8. The summed E-state index contributed by atoms with van der Waals surface area (Å²) in [4.78, 5) is 28.9. The smallest absolute Gasteiger partial charge is 0.308 e. The summed E-state index contributed by atoms with van der Waals surface area (Å²) in [6, 6.07) is 0. The number of carbonyl (C=O) groups is 1. The zero-order chi connectivity index (χ0) is 10.0. The standard InChI is InChI=1S/C8H13N3O2/c1-5(12)7-6(4-11(2)3)9-8(13)10-7/h4H2,1-3H3,(H2,9,10,13). The second kappa shape index (κ2) is 3.57. The monoisotopic (exact) mass is 183 g/mol. The van der Waals surface area contributed by atoms with E-state index in [9.17, 15) is 9.59 Å². The number of imidazole rings is 1. The molecule has 0 aliphatic heterocycles. The topological polar surface area (TPSA) is 69.0 Å². The number of hydrogen-bond acceptors (Lipinski definition) is 3. The van der Waals surface area contributed by atoms with Crippen LogP contribution >= 0.6 is 0 Å². The summed E-state index contributed by atoms with van der Waals surface area (Å²) in [7, 11) is 3.74. The van der Waals surface area contributed by atoms with Crippen molar-refractivity contribution in [2.75, 3.05) is 14.1 Å². The first-order valence-corrected chi connectivity index (χ1v) is 3.97. The highest BCUT2D eigenvalue weighted by Crippen LogP contribution is 2.02. The largest absolute Gasteiger partial charge is 0.323 e. The molecule has 1 aromatic heterocycles. The molecule has 0 fully saturated rings. The summed E-state index contributed by atoms with van der Waals surface area (Å²) in [5.74, 6) is -0.129. The second-order valence-corrected chi connectivity index (χ2v) is 3.23. The number of aromatic nitrogens is 2. The van der Waals surface area contributed by atoms with Crippen LogP contribution < -0.4 is 5.69 Å². The lowest BCUT2D eigenvalue weighted by atomic mass is 10.2. The fourth-order valence-electron chi connectivity index (χ4n) is 1.16. The molecule has 0 amide bonds. The fourth-order valence-corrected chi connectivity index (χ4v) is 1.16. The molecule has 5 heteroatoms. The van der Waals surface area contributed by atoms with Gasteiger partial charge in [0.05, 0.1) is 5.69 Å². The van der Waals surface area contributed by atoms with Crippen molar-refractivity contribution in [3.05, 3.63) is 21.9 Å². The summed E-state index contributed by atoms with van der Waals surface area (Å²) in [6.45, 7) is 1.98. The number of ketones is 1. The molecule has 0 aromatic carbocycles. The molecule has 1 aromatic rings. The first-order valence-electron chi connectivity index (χ1n) is 3.97. The Morgan fingerprint density at radius 3 is 2.46 bits per heavy atom. The Hall–Kier alpha value is -1.36. The molecule has 0 saturated heterocycles. The SMILES string of the molecule is CC(=O)c1[nH]c(=O)[nH]c1CN(C)C. The van der Waals surface area contributed by atoms with Gasteiger partial charge in [-0.3, -0.25) is 4.79 Å². The van der Waals surface area contributed by atoms with E-state index in [0.29, 0.717) is 17.9 Å². The van der Waals surface area contributed by atoms with Gasteiger partial charge in [0.15, 0.2) is 5.78 Å². The zero-order valence-corrected chi connectivity index (χ0v) is 7.97. The molecule has 0 radical (unpaired) electrons. The average Bonchev–Trinajstić information content (AvgIpc) is 2.29. The van der Waals surface area contributed by atoms with E-state index in [-0.39, 0.29) is 11.5 Å². The average molecular weight is 183 g/mol. The quantitative estimate of drug-likeness (QED) is 0.646. The summed E-state index contributed by atoms with van der Waals surface area (Å²) in [6.07, 6.45) is 0. The van der Waals surface area contributed by atoms with Crippen LogP contribution in [-0.2, 0) is 6.54 Å². The molecule has 5 nitrogen and oxygen atoms in total. The lowest BCUT2D eigenvalue weighted by Crippen LogP contribution is -2.13. The van der Waals surface area contributed by atoms with Crippen molar-refractivity contribution in [3.8, 4) is 0 Å². The lowest BCUT2D eigenvalue weighted by molar-refractivity contribution is 0.101. The van der Waals surface area contributed by atoms with E-state index in [1.807, 2.05) is 19.0 Å². The predicted octanol–water partition coefficient (Wildman–Crippen LogP) is -0.0328. The van der Waals surface area contributed by atoms with Crippen molar-refractivity contribution in [1.29, 1.82) is 0 Å². The van der Waals surface area contributed by atoms with Crippen LogP contribution in [0.15, 0.2) is 4.79 Å². The maximum absolute atomic E-state index is 11.1. The third kappa shape index (κ3) is 2.29. The Kier molecular flexibility index (Phi) is 2.67. The zero-order valence-electron chi connectivity index (χ0n) is 7.97. The third-order valence-corrected chi connectivity index (χ3v) is 1.63. The summed E-state index contributed by atoms with van der Waals surface area (Å²) in [5, 5.41) is 0. The van der Waals surface area contributed by atoms with Crippen LogP contribution in [0.25, 0.3) is 0 Å². The Labute approximate surface area is 75.8 Å². The van der Waals surface area contributed by atoms with Crippen molar-refractivity contribution in [1.82, 2.24) is 14.9 Å². The van der Waals surface area contributed by atoms with Crippen molar-refractivity contribution < 1.29 is 4.79 Å². The van der Waals surface area contributed by atoms with E-state index in [4.69, 9.17) is 0 Å². The van der Waals surface area contributed by atoms with Gasteiger partial charge < -0.3 is 14.9 Å². The first kappa shape index (κ1) is 9.73. The van der Waals surface area contributed by atoms with E-state index in [1.54, 1.807) is 0 Å². The number of aromatic amines is 2. The second-order valence-electron chi connectivity index (χ2n) is 3.23. The molecule has 0 unspecified atom stereocenters. The number of carbonyl (C=O) groups excluding carboxylic acids is 1. The molecule has 0 spiro atoms. The van der Waals surface area contributed by atoms with Gasteiger partial charge in [0.2, 0.25) is 0 Å². The van der Waals surface area contributed by atoms with E-state index in [0.717, 1.165) is 0 Å². The number of Topliss-reactive ketones (excluding diaryl/α,β-unsaturated/α-hetero) is 1. The van der Waals surface area contributed by atoms with Crippen LogP contribution in [0.2, 0.25) is 0 Å². The van der Waals surface area contributed by atoms with Crippen LogP contribution in [0.4, 0.5) is 0 Å². The van der Waals surface area contributed by atoms with E-state index >= 15 is 0 Å². The molecule has 0 aliphatic rings. The number of hydrogen-bond donors (Lipinski definition) is 2. The molecule has 0 saturated carbocycles. The van der Waals surface area contributed by atoms with Crippen molar-refractivity contribution >= 4 is 5.78 Å². The number of H-pyrrole nitrogens is 2. The fraction of sp³-hybridized carbons (Fsp3) is 0.500. The molecule has 1 heterocycles. The number of nitrogens with one attached hydrogen (secondary N) is 2. The van der Waals surface area contributed by atoms with Gasteiger partial charge in [0, 0.05) is 13.5 Å². The molecular formula is C8H13N3O2. The van der Waals surface area contributed by atoms with Gasteiger partial charge in [-0.2, -0.15) is 0 Å². The molecule has 0 atom stereocenters. The van der Waals surface area contributed by atoms with Crippen molar-refractivity contribution in [3.63, 3.8) is 0 Å². The predicted molar refractivity (Wildman–Crippen MR) is 48.8 cm³/mol. The molecule has 1 rings (SSSR count). The third-order valence-electron chi connectivity index (χ3n) is 1.63. The van der Waals surface area contributed by atoms with Gasteiger partial charge in [0.25, 0.3) is 0 Å². The van der Waals surface area contributed by atoms with Gasteiger partial charge in [-0.15, -0.1) is 0 Å². The lowest BCUT2D eigenvalue weighted by Gasteiger charge is -2.07. The molecule has 0 bridgehead atoms. The molecular weight excluding hydrogens is 170 g/mol. The van der Waals surface area contributed by atoms with Crippen LogP contribution in [0.1, 0.15) is 23.1 Å². The molecule has 2 N–H and O–H groups in total. The Morgan fingerprint density at radius 2 is 2.00 bits per heavy atom. The van der Waals surface area contributed by atoms with E-state index < -0.39 is 0 Å². The Balaban J connectivity index is 3.04. The van der Waals surface area contributed by atoms with Crippen molar-refractivity contribution in [2.45, 2.75) is 13.5 Å². The Morgan fingerprint density at radius 1 is 1.38 bits per heavy atom. The van der Waals surface area contributed by atoms with Gasteiger partial charge in [-0.05, 0) is 14.1 Å². The number of rotatable bonds is 3. The maximum atomic E-state index is 11.1. The minimum absolute atomic E-state index is 0.129. The highest BCUT2D eigenvalue weighted by molar-refractivity contribution is 5.93. The minimum Gasteiger partial charge on any atom is -0.308 e. The van der Waals surface area contributed by atoms with Crippen LogP contribution in [0.3, 0.4) is 0 Å². The Bertz CT molecular complexity index is 362. The summed E-state index contributed by atoms with van der Waals surface area (Å²) in [5.41, 5.74) is 0.684. The maximum Gasteiger partial charge on any atom is 0.323 e. The summed E-state index contributed by atoms with van der Waals surface area (Å²) >= 11 is 0. The van der Waals surface area contributed by atoms with Crippen molar-refractivity contribution in [2.24, 2.45) is 0 Å². The van der Waals surface area contributed by atoms with Crippen LogP contribution in [0.5, 0.6) is 0 Å². The van der Waals surface area contributed by atoms with Gasteiger partial charge in [0.1, 0.15) is 5.69 Å². The highest BCUT2D eigenvalue weighted by Gasteiger charge is 2.11.